The minimum atomic E-state index is -1.09. The van der Waals surface area contributed by atoms with Crippen LogP contribution in [0.2, 0.25) is 0 Å². The van der Waals surface area contributed by atoms with Crippen LogP contribution in [0.25, 0.3) is 0 Å². The molecule has 0 bridgehead atoms. The number of methoxy groups -OCH3 is 1. The zero-order valence-corrected chi connectivity index (χ0v) is 13.6. The number of ether oxygens (including phenoxy) is 1. The van der Waals surface area contributed by atoms with Crippen molar-refractivity contribution in [1.29, 1.82) is 0 Å². The van der Waals surface area contributed by atoms with Crippen LogP contribution in [0.15, 0.2) is 24.3 Å². The summed E-state index contributed by atoms with van der Waals surface area (Å²) in [7, 11) is 1.30. The van der Waals surface area contributed by atoms with E-state index in [9.17, 15) is 14.4 Å². The van der Waals surface area contributed by atoms with E-state index in [-0.39, 0.29) is 18.2 Å². The van der Waals surface area contributed by atoms with E-state index in [0.29, 0.717) is 18.5 Å². The van der Waals surface area contributed by atoms with Crippen molar-refractivity contribution >= 4 is 23.5 Å². The highest BCUT2D eigenvalue weighted by Gasteiger charge is 2.39. The smallest absolute Gasteiger partial charge is 0.331 e. The van der Waals surface area contributed by atoms with Crippen molar-refractivity contribution in [1.82, 2.24) is 5.32 Å². The van der Waals surface area contributed by atoms with Crippen molar-refractivity contribution in [2.45, 2.75) is 44.6 Å². The molecule has 1 heterocycles. The highest BCUT2D eigenvalue weighted by molar-refractivity contribution is 6.02. The molecule has 2 atom stereocenters. The number of fused-ring (bicyclic) bond motifs is 1. The fourth-order valence-corrected chi connectivity index (χ4v) is 2.95. The molecule has 2 unspecified atom stereocenters. The van der Waals surface area contributed by atoms with Crippen molar-refractivity contribution in [2.75, 3.05) is 12.4 Å². The average Bonchev–Trinajstić information content (AvgIpc) is 2.53. The van der Waals surface area contributed by atoms with Crippen molar-refractivity contribution in [2.24, 2.45) is 0 Å². The van der Waals surface area contributed by atoms with Gasteiger partial charge in [0, 0.05) is 12.1 Å². The number of anilines is 1. The normalized spacial score (nSPS) is 19.1. The third kappa shape index (κ3) is 3.52. The first-order valence-corrected chi connectivity index (χ1v) is 7.70. The summed E-state index contributed by atoms with van der Waals surface area (Å²) in [6.07, 6.45) is 1.24. The Morgan fingerprint density at radius 3 is 2.74 bits per heavy atom. The second-order valence-electron chi connectivity index (χ2n) is 5.96. The Bertz CT molecular complexity index is 629. The number of carbonyl (C=O) groups excluding carboxylic acids is 3. The maximum atomic E-state index is 12.7. The lowest BCUT2D eigenvalue weighted by Crippen LogP contribution is -2.54. The number of hydrogen-bond acceptors (Lipinski definition) is 4. The van der Waals surface area contributed by atoms with E-state index in [1.165, 1.54) is 7.11 Å². The van der Waals surface area contributed by atoms with Gasteiger partial charge in [0.15, 0.2) is 0 Å². The molecule has 6 heteroatoms. The van der Waals surface area contributed by atoms with Gasteiger partial charge in [0.2, 0.25) is 11.8 Å². The van der Waals surface area contributed by atoms with E-state index >= 15 is 0 Å². The first-order chi connectivity index (χ1) is 10.9. The maximum absolute atomic E-state index is 12.7. The number of benzene rings is 1. The lowest BCUT2D eigenvalue weighted by molar-refractivity contribution is -0.150. The minimum Gasteiger partial charge on any atom is -0.467 e. The van der Waals surface area contributed by atoms with Crippen LogP contribution in [-0.4, -0.2) is 30.4 Å². The zero-order chi connectivity index (χ0) is 17.0. The van der Waals surface area contributed by atoms with Crippen LogP contribution >= 0.6 is 0 Å². The molecule has 1 aromatic carbocycles. The number of nitrogens with one attached hydrogen (secondary N) is 2. The van der Waals surface area contributed by atoms with Gasteiger partial charge in [-0.05, 0) is 25.0 Å². The first kappa shape index (κ1) is 17.0. The van der Waals surface area contributed by atoms with Gasteiger partial charge in [-0.25, -0.2) is 4.79 Å². The molecule has 1 aliphatic heterocycles. The van der Waals surface area contributed by atoms with Gasteiger partial charge in [0.1, 0.15) is 5.54 Å². The Kier molecular flexibility index (Phi) is 5.03. The predicted octanol–water partition coefficient (Wildman–Crippen LogP) is 1.96. The molecule has 6 nitrogen and oxygen atoms in total. The Balaban J connectivity index is 2.26. The van der Waals surface area contributed by atoms with Crippen LogP contribution in [0, 0.1) is 0 Å². The molecule has 2 rings (SSSR count). The molecule has 1 aromatic rings. The monoisotopic (exact) mass is 318 g/mol. The van der Waals surface area contributed by atoms with E-state index < -0.39 is 17.4 Å². The van der Waals surface area contributed by atoms with E-state index in [2.05, 4.69) is 10.6 Å². The Morgan fingerprint density at radius 2 is 2.09 bits per heavy atom. The van der Waals surface area contributed by atoms with Crippen LogP contribution in [0.1, 0.15) is 44.6 Å². The highest BCUT2D eigenvalue weighted by Crippen LogP contribution is 2.32. The fourth-order valence-electron chi connectivity index (χ4n) is 2.95. The summed E-state index contributed by atoms with van der Waals surface area (Å²) < 4.78 is 4.81. The molecule has 0 saturated carbocycles. The molecule has 0 saturated heterocycles. The molecule has 2 N–H and O–H groups in total. The predicted molar refractivity (Wildman–Crippen MR) is 85.9 cm³/mol. The van der Waals surface area contributed by atoms with Crippen LogP contribution < -0.4 is 10.6 Å². The highest BCUT2D eigenvalue weighted by atomic mass is 16.5. The molecule has 2 amide bonds. The second kappa shape index (κ2) is 6.81. The molecule has 0 fully saturated rings. The maximum Gasteiger partial charge on any atom is 0.331 e. The van der Waals surface area contributed by atoms with Crippen LogP contribution in [0.4, 0.5) is 5.69 Å². The van der Waals surface area contributed by atoms with Crippen LogP contribution in [0.5, 0.6) is 0 Å². The number of esters is 1. The van der Waals surface area contributed by atoms with Crippen LogP contribution in [0.3, 0.4) is 0 Å². The Labute approximate surface area is 135 Å². The van der Waals surface area contributed by atoms with E-state index in [1.54, 1.807) is 19.1 Å². The van der Waals surface area contributed by atoms with Gasteiger partial charge in [-0.3, -0.25) is 9.59 Å². The van der Waals surface area contributed by atoms with E-state index in [0.717, 1.165) is 5.56 Å². The standard InChI is InChI=1S/C17H22N2O4/c1-4-9-17(2,16(22)23-3)19-15(21)12-10-14(20)18-13-8-6-5-7-11(12)13/h5-8,12H,4,9-10H2,1-3H3,(H,18,20)(H,19,21). The minimum absolute atomic E-state index is 0.0617. The topological polar surface area (TPSA) is 84.5 Å². The van der Waals surface area contributed by atoms with Gasteiger partial charge in [0.25, 0.3) is 0 Å². The molecular weight excluding hydrogens is 296 g/mol. The summed E-state index contributed by atoms with van der Waals surface area (Å²) in [6.45, 7) is 3.58. The number of hydrogen-bond donors (Lipinski definition) is 2. The SMILES string of the molecule is CCCC(C)(NC(=O)C1CC(=O)Nc2ccccc21)C(=O)OC. The molecular formula is C17H22N2O4. The number of amides is 2. The van der Waals surface area contributed by atoms with Crippen LogP contribution in [-0.2, 0) is 19.1 Å². The summed E-state index contributed by atoms with van der Waals surface area (Å²) in [5, 5.41) is 5.54. The first-order valence-electron chi connectivity index (χ1n) is 7.70. The number of para-hydroxylation sites is 1. The Hall–Kier alpha value is -2.37. The van der Waals surface area contributed by atoms with Crippen molar-refractivity contribution in [3.05, 3.63) is 29.8 Å². The van der Waals surface area contributed by atoms with Gasteiger partial charge in [-0.2, -0.15) is 0 Å². The van der Waals surface area contributed by atoms with E-state index in [1.807, 2.05) is 19.1 Å². The lowest BCUT2D eigenvalue weighted by Gasteiger charge is -2.31. The zero-order valence-electron chi connectivity index (χ0n) is 13.6. The summed E-state index contributed by atoms with van der Waals surface area (Å²) in [5.74, 6) is -1.64. The molecule has 0 spiro atoms. The third-order valence-electron chi connectivity index (χ3n) is 4.10. The lowest BCUT2D eigenvalue weighted by atomic mass is 9.88. The quantitative estimate of drug-likeness (QED) is 0.813. The largest absolute Gasteiger partial charge is 0.467 e. The molecule has 0 aliphatic carbocycles. The van der Waals surface area contributed by atoms with E-state index in [4.69, 9.17) is 4.74 Å². The van der Waals surface area contributed by atoms with Gasteiger partial charge < -0.3 is 15.4 Å². The Morgan fingerprint density at radius 1 is 1.39 bits per heavy atom. The van der Waals surface area contributed by atoms with Gasteiger partial charge in [-0.1, -0.05) is 31.5 Å². The fraction of sp³-hybridized carbons (Fsp3) is 0.471. The molecule has 0 aromatic heterocycles. The molecule has 1 aliphatic rings. The summed E-state index contributed by atoms with van der Waals surface area (Å²) >= 11 is 0. The second-order valence-corrected chi connectivity index (χ2v) is 5.96. The molecule has 0 radical (unpaired) electrons. The number of carbonyl (C=O) groups is 3. The van der Waals surface area contributed by atoms with Gasteiger partial charge in [-0.15, -0.1) is 0 Å². The summed E-state index contributed by atoms with van der Waals surface area (Å²) in [5.41, 5.74) is 0.302. The van der Waals surface area contributed by atoms with Crippen molar-refractivity contribution in [3.8, 4) is 0 Å². The molecule has 124 valence electrons. The summed E-state index contributed by atoms with van der Waals surface area (Å²) in [4.78, 5) is 36.6. The molecule has 23 heavy (non-hydrogen) atoms. The van der Waals surface area contributed by atoms with Gasteiger partial charge in [0.05, 0.1) is 13.0 Å². The van der Waals surface area contributed by atoms with Gasteiger partial charge >= 0.3 is 5.97 Å². The van der Waals surface area contributed by atoms with Crippen molar-refractivity contribution in [3.63, 3.8) is 0 Å². The average molecular weight is 318 g/mol. The number of rotatable bonds is 5. The van der Waals surface area contributed by atoms with Crippen molar-refractivity contribution < 1.29 is 19.1 Å². The third-order valence-corrected chi connectivity index (χ3v) is 4.10. The summed E-state index contributed by atoms with van der Waals surface area (Å²) in [6, 6.07) is 7.20.